The van der Waals surface area contributed by atoms with Crippen LogP contribution < -0.4 is 5.43 Å². The summed E-state index contributed by atoms with van der Waals surface area (Å²) >= 11 is 6.05. The summed E-state index contributed by atoms with van der Waals surface area (Å²) in [6.07, 6.45) is 9.21. The Morgan fingerprint density at radius 3 is 2.48 bits per heavy atom. The second-order valence-electron chi connectivity index (χ2n) is 6.10. The van der Waals surface area contributed by atoms with E-state index in [1.165, 1.54) is 38.5 Å². The maximum Gasteiger partial charge on any atom is 0.243 e. The van der Waals surface area contributed by atoms with Crippen LogP contribution in [0.1, 0.15) is 44.1 Å². The Bertz CT molecular complexity index is 529. The molecule has 21 heavy (non-hydrogen) atoms. The van der Waals surface area contributed by atoms with E-state index in [1.807, 2.05) is 24.3 Å². The van der Waals surface area contributed by atoms with Gasteiger partial charge in [0.25, 0.3) is 0 Å². The van der Waals surface area contributed by atoms with Crippen molar-refractivity contribution in [2.45, 2.75) is 38.5 Å². The van der Waals surface area contributed by atoms with Crippen LogP contribution in [0.25, 0.3) is 0 Å². The molecule has 2 unspecified atom stereocenters. The van der Waals surface area contributed by atoms with E-state index in [4.69, 9.17) is 11.6 Å². The largest absolute Gasteiger partial charge is 0.273 e. The number of nitrogens with zero attached hydrogens (tertiary/aromatic N) is 1. The van der Waals surface area contributed by atoms with Crippen LogP contribution in [0, 0.1) is 17.8 Å². The number of carbonyl (C=O) groups excluding carboxylic acids is 1. The smallest absolute Gasteiger partial charge is 0.243 e. The molecule has 0 aliphatic heterocycles. The zero-order valence-corrected chi connectivity index (χ0v) is 12.9. The third-order valence-corrected chi connectivity index (χ3v) is 5.09. The molecule has 1 aromatic carbocycles. The fraction of sp³-hybridized carbons (Fsp3) is 0.529. The fourth-order valence-electron chi connectivity index (χ4n) is 3.55. The second kappa shape index (κ2) is 6.61. The number of rotatable bonds is 3. The standard InChI is InChI=1S/C17H21ClN2O/c18-15-10-6-5-7-12(15)11-19-20-17(21)16-13-8-3-1-2-4-9-14(13)16/h5-7,10-11,13-14,16H,1-4,8-9H2,(H,20,21)/b19-11+. The number of hydrogen-bond acceptors (Lipinski definition) is 2. The van der Waals surface area contributed by atoms with Gasteiger partial charge in [0.05, 0.1) is 6.21 Å². The molecule has 2 fully saturated rings. The normalized spacial score (nSPS) is 28.5. The van der Waals surface area contributed by atoms with Gasteiger partial charge in [-0.2, -0.15) is 5.10 Å². The molecule has 2 aliphatic rings. The van der Waals surface area contributed by atoms with Crippen molar-refractivity contribution in [1.29, 1.82) is 0 Å². The molecule has 0 bridgehead atoms. The minimum absolute atomic E-state index is 0.0789. The van der Waals surface area contributed by atoms with E-state index >= 15 is 0 Å². The molecule has 2 atom stereocenters. The average Bonchev–Trinajstić information content (AvgIpc) is 3.12. The molecule has 0 heterocycles. The molecule has 0 radical (unpaired) electrons. The molecule has 0 aromatic heterocycles. The average molecular weight is 305 g/mol. The number of hydrogen-bond donors (Lipinski definition) is 1. The molecule has 3 nitrogen and oxygen atoms in total. The molecule has 2 saturated carbocycles. The minimum Gasteiger partial charge on any atom is -0.273 e. The van der Waals surface area contributed by atoms with Crippen molar-refractivity contribution in [3.05, 3.63) is 34.9 Å². The van der Waals surface area contributed by atoms with Crippen molar-refractivity contribution in [3.8, 4) is 0 Å². The van der Waals surface area contributed by atoms with Gasteiger partial charge in [-0.3, -0.25) is 4.79 Å². The molecule has 1 amide bonds. The first-order valence-electron chi connectivity index (χ1n) is 7.85. The third kappa shape index (κ3) is 3.46. The van der Waals surface area contributed by atoms with E-state index in [0.717, 1.165) is 5.56 Å². The maximum atomic E-state index is 12.2. The molecule has 112 valence electrons. The van der Waals surface area contributed by atoms with Gasteiger partial charge < -0.3 is 0 Å². The third-order valence-electron chi connectivity index (χ3n) is 4.74. The lowest BCUT2D eigenvalue weighted by atomic mass is 10.0. The minimum atomic E-state index is 0.0789. The Hall–Kier alpha value is -1.35. The van der Waals surface area contributed by atoms with E-state index < -0.39 is 0 Å². The van der Waals surface area contributed by atoms with E-state index in [2.05, 4.69) is 10.5 Å². The van der Waals surface area contributed by atoms with Gasteiger partial charge in [0.2, 0.25) is 5.91 Å². The van der Waals surface area contributed by atoms with E-state index in [1.54, 1.807) is 6.21 Å². The van der Waals surface area contributed by atoms with Crippen molar-refractivity contribution in [2.75, 3.05) is 0 Å². The van der Waals surface area contributed by atoms with Gasteiger partial charge in [0.15, 0.2) is 0 Å². The summed E-state index contributed by atoms with van der Waals surface area (Å²) in [7, 11) is 0. The Morgan fingerprint density at radius 2 is 1.81 bits per heavy atom. The molecule has 3 rings (SSSR count). The van der Waals surface area contributed by atoms with E-state index in [-0.39, 0.29) is 11.8 Å². The molecule has 4 heteroatoms. The van der Waals surface area contributed by atoms with Crippen LogP contribution in [0.5, 0.6) is 0 Å². The first kappa shape index (κ1) is 14.6. The number of benzene rings is 1. The van der Waals surface area contributed by atoms with Crippen molar-refractivity contribution >= 4 is 23.7 Å². The quantitative estimate of drug-likeness (QED) is 0.665. The van der Waals surface area contributed by atoms with Crippen LogP contribution >= 0.6 is 11.6 Å². The van der Waals surface area contributed by atoms with E-state index in [0.29, 0.717) is 16.9 Å². The highest BCUT2D eigenvalue weighted by Gasteiger charge is 2.53. The lowest BCUT2D eigenvalue weighted by Crippen LogP contribution is -2.21. The highest BCUT2D eigenvalue weighted by atomic mass is 35.5. The van der Waals surface area contributed by atoms with Gasteiger partial charge in [-0.05, 0) is 30.7 Å². The molecule has 1 aromatic rings. The van der Waals surface area contributed by atoms with Crippen LogP contribution in [0.4, 0.5) is 0 Å². The number of hydrazone groups is 1. The van der Waals surface area contributed by atoms with Gasteiger partial charge in [-0.25, -0.2) is 5.43 Å². The maximum absolute atomic E-state index is 12.2. The van der Waals surface area contributed by atoms with Gasteiger partial charge in [-0.15, -0.1) is 0 Å². The number of halogens is 1. The number of fused-ring (bicyclic) bond motifs is 1. The predicted octanol–water partition coefficient (Wildman–Crippen LogP) is 4.01. The van der Waals surface area contributed by atoms with Crippen molar-refractivity contribution in [1.82, 2.24) is 5.43 Å². The molecular formula is C17H21ClN2O. The lowest BCUT2D eigenvalue weighted by Gasteiger charge is -2.04. The Balaban J connectivity index is 1.54. The van der Waals surface area contributed by atoms with Gasteiger partial charge in [0, 0.05) is 16.5 Å². The summed E-state index contributed by atoms with van der Waals surface area (Å²) in [5, 5.41) is 4.70. The lowest BCUT2D eigenvalue weighted by molar-refractivity contribution is -0.122. The summed E-state index contributed by atoms with van der Waals surface area (Å²) in [4.78, 5) is 12.2. The fourth-order valence-corrected chi connectivity index (χ4v) is 3.74. The highest BCUT2D eigenvalue weighted by Crippen LogP contribution is 2.53. The first-order chi connectivity index (χ1) is 10.3. The zero-order chi connectivity index (χ0) is 14.7. The second-order valence-corrected chi connectivity index (χ2v) is 6.51. The summed E-state index contributed by atoms with van der Waals surface area (Å²) in [5.41, 5.74) is 3.51. The Labute approximate surface area is 130 Å². The topological polar surface area (TPSA) is 41.5 Å². The van der Waals surface area contributed by atoms with Gasteiger partial charge in [-0.1, -0.05) is 55.5 Å². The summed E-state index contributed by atoms with van der Waals surface area (Å²) in [5.74, 6) is 1.46. The van der Waals surface area contributed by atoms with Crippen molar-refractivity contribution < 1.29 is 4.79 Å². The molecular weight excluding hydrogens is 284 g/mol. The van der Waals surface area contributed by atoms with Crippen LogP contribution in [0.2, 0.25) is 5.02 Å². The summed E-state index contributed by atoms with van der Waals surface area (Å²) < 4.78 is 0. The monoisotopic (exact) mass is 304 g/mol. The Morgan fingerprint density at radius 1 is 1.14 bits per heavy atom. The van der Waals surface area contributed by atoms with Gasteiger partial charge in [0.1, 0.15) is 0 Å². The summed E-state index contributed by atoms with van der Waals surface area (Å²) in [6.45, 7) is 0. The van der Waals surface area contributed by atoms with Crippen molar-refractivity contribution in [2.24, 2.45) is 22.9 Å². The van der Waals surface area contributed by atoms with Crippen LogP contribution in [0.15, 0.2) is 29.4 Å². The molecule has 1 N–H and O–H groups in total. The van der Waals surface area contributed by atoms with Crippen molar-refractivity contribution in [3.63, 3.8) is 0 Å². The van der Waals surface area contributed by atoms with Gasteiger partial charge >= 0.3 is 0 Å². The predicted molar refractivity (Wildman–Crippen MR) is 85.4 cm³/mol. The van der Waals surface area contributed by atoms with E-state index in [9.17, 15) is 4.79 Å². The number of nitrogens with one attached hydrogen (secondary N) is 1. The SMILES string of the molecule is O=C(N/N=C/c1ccccc1Cl)C1C2CCCCCCC21. The molecule has 2 aliphatic carbocycles. The molecule has 0 saturated heterocycles. The number of carbonyl (C=O) groups is 1. The highest BCUT2D eigenvalue weighted by molar-refractivity contribution is 6.33. The first-order valence-corrected chi connectivity index (χ1v) is 8.22. The molecule has 0 spiro atoms. The Kier molecular flexibility index (Phi) is 4.59. The van der Waals surface area contributed by atoms with Crippen LogP contribution in [-0.4, -0.2) is 12.1 Å². The zero-order valence-electron chi connectivity index (χ0n) is 12.1. The summed E-state index contributed by atoms with van der Waals surface area (Å²) in [6, 6.07) is 7.47. The number of amides is 1. The van der Waals surface area contributed by atoms with Crippen LogP contribution in [-0.2, 0) is 4.79 Å². The van der Waals surface area contributed by atoms with Crippen LogP contribution in [0.3, 0.4) is 0 Å².